The molecule has 48 heteroatoms. The molecule has 0 atom stereocenters. The standard InChI is InChI=1S/C10H27NSi2.3C8H23NSi2.C7H21NSi2.C6H19NSi2.4C5H17NSi2.3C4H15NSi2.3C3H13NSi2/c1-6-11(7-2)12-13(8-3,9-4)10-5;3*1-6-11(7-2,8-3)10-9(4)5;1-6-8(7-2)9-10(3,4)5;1-5-7(6-2)8-9(3)4;3*1-6(2)7-8(3,4)5;1-4-6(5-2)8-7-3;3*1-5(2)6-7(3)4;3*1-4(2)6-5-3/h6-10,12H2,1-5H3;3*6-8,10H2,1-5H3;6-7,9H2,1-5H3;9H,5-6,8H2,1-4H3;3*7H2,1-5H3;4-5,7-8H2,1-3H3;3*7H,6H2,1-4H3;3*5-6H2,1-3H3. The lowest BCUT2D eigenvalue weighted by atomic mass is 10.7. The second-order valence-electron chi connectivity index (χ2n) is 49.1. The van der Waals surface area contributed by atoms with Crippen LogP contribution in [-0.2, 0) is 0 Å². The third kappa shape index (κ3) is 171. The van der Waals surface area contributed by atoms with Crippen molar-refractivity contribution in [2.24, 2.45) is 0 Å². The van der Waals surface area contributed by atoms with Crippen molar-refractivity contribution in [3.8, 4) is 0 Å². The summed E-state index contributed by atoms with van der Waals surface area (Å²) in [7, 11) is 51.8. The lowest BCUT2D eigenvalue weighted by Crippen LogP contribution is -2.49. The highest BCUT2D eigenvalue weighted by Crippen LogP contribution is 2.22. The molecule has 136 heavy (non-hydrogen) atoms. The monoisotopic (exact) mass is 2470 g/mol. The van der Waals surface area contributed by atoms with E-state index in [-0.39, 0.29) is 144 Å². The molecule has 848 valence electrons. The maximum atomic E-state index is 2.75. The van der Waals surface area contributed by atoms with Gasteiger partial charge in [0, 0.05) is 99.8 Å². The van der Waals surface area contributed by atoms with Crippen LogP contribution >= 0.6 is 0 Å². The van der Waals surface area contributed by atoms with Crippen LogP contribution in [0.25, 0.3) is 0 Å². The predicted octanol–water partition coefficient (Wildman–Crippen LogP) is 5.05. The molecule has 0 rings (SSSR count). The third-order valence-electron chi connectivity index (χ3n) is 23.5. The van der Waals surface area contributed by atoms with Crippen LogP contribution in [-0.4, -0.2) is 572 Å². The molecule has 0 spiro atoms. The van der Waals surface area contributed by atoms with Crippen LogP contribution in [0.1, 0.15) is 138 Å². The first kappa shape index (κ1) is 178. The molecule has 0 saturated carbocycles. The Kier molecular flexibility index (Phi) is 153. The number of hydrogen-bond acceptors (Lipinski definition) is 16. The molecule has 0 fully saturated rings. The van der Waals surface area contributed by atoms with E-state index in [0.717, 1.165) is 0 Å². The second kappa shape index (κ2) is 117. The van der Waals surface area contributed by atoms with E-state index in [0.29, 0.717) is 72.9 Å². The Morgan fingerprint density at radius 2 is 0.309 bits per heavy atom. The van der Waals surface area contributed by atoms with Crippen molar-refractivity contribution >= 4 is 277 Å². The Hall–Kier alpha value is 6.30. The van der Waals surface area contributed by atoms with Gasteiger partial charge < -0.3 is 73.0 Å². The molecule has 0 heterocycles. The lowest BCUT2D eigenvalue weighted by molar-refractivity contribution is 0.499. The molecule has 0 aromatic heterocycles. The van der Waals surface area contributed by atoms with E-state index >= 15 is 0 Å². The van der Waals surface area contributed by atoms with Gasteiger partial charge in [0.05, 0.1) is 178 Å². The molecule has 0 aromatic rings. The normalized spacial score (nSPS) is 13.6. The maximum Gasteiger partial charge on any atom is 0.0870 e. The first-order valence-electron chi connectivity index (χ1n) is 56.6. The minimum absolute atomic E-state index is 0.105. The van der Waals surface area contributed by atoms with E-state index in [9.17, 15) is 0 Å². The van der Waals surface area contributed by atoms with Crippen molar-refractivity contribution in [1.29, 1.82) is 0 Å². The van der Waals surface area contributed by atoms with Gasteiger partial charge in [-0.15, -0.1) is 0 Å². The quantitative estimate of drug-likeness (QED) is 0.0764. The zero-order valence-electron chi connectivity index (χ0n) is 110. The van der Waals surface area contributed by atoms with Gasteiger partial charge in [0.15, 0.2) is 0 Å². The van der Waals surface area contributed by atoms with Crippen molar-refractivity contribution < 1.29 is 0 Å². The van der Waals surface area contributed by atoms with E-state index in [4.69, 9.17) is 0 Å². The van der Waals surface area contributed by atoms with Crippen molar-refractivity contribution in [3.05, 3.63) is 0 Å². The molecule has 0 radical (unpaired) electrons. The Morgan fingerprint density at radius 1 is 0.162 bits per heavy atom. The van der Waals surface area contributed by atoms with Gasteiger partial charge in [-0.2, -0.15) is 0 Å². The van der Waals surface area contributed by atoms with Crippen LogP contribution < -0.4 is 0 Å². The average molecular weight is 2470 g/mol. The fourth-order valence-electron chi connectivity index (χ4n) is 16.6. The molecule has 0 aliphatic carbocycles. The number of nitrogens with zero attached hydrogens (tertiary/aromatic N) is 16. The molecule has 0 aliphatic rings. The van der Waals surface area contributed by atoms with Gasteiger partial charge in [0.2, 0.25) is 0 Å². The van der Waals surface area contributed by atoms with Gasteiger partial charge in [-0.05, 0) is 222 Å². The average Bonchev–Trinajstić information content (AvgIpc) is 0.874. The number of rotatable bonds is 52. The summed E-state index contributed by atoms with van der Waals surface area (Å²) < 4.78 is 39.8. The molecule has 0 bridgehead atoms. The summed E-state index contributed by atoms with van der Waals surface area (Å²) in [6.45, 7) is 116. The minimum atomic E-state index is -0.758. The smallest absolute Gasteiger partial charge is 0.0870 e. The van der Waals surface area contributed by atoms with E-state index in [1.54, 1.807) is 0 Å². The van der Waals surface area contributed by atoms with Gasteiger partial charge >= 0.3 is 0 Å². The molecule has 0 N–H and O–H groups in total. The Morgan fingerprint density at radius 3 is 0.360 bits per heavy atom. The second-order valence-corrected chi connectivity index (χ2v) is 222. The summed E-state index contributed by atoms with van der Waals surface area (Å²) in [5.74, 6) is 0. The predicted molar refractivity (Wildman–Crippen MR) is 768 cm³/mol. The minimum Gasteiger partial charge on any atom is -0.337 e. The fraction of sp³-hybridized carbons (Fsp3) is 1.00. The van der Waals surface area contributed by atoms with Crippen molar-refractivity contribution in [2.45, 2.75) is 368 Å². The Labute approximate surface area is 930 Å². The summed E-state index contributed by atoms with van der Waals surface area (Å²) in [5.41, 5.74) is 0. The summed E-state index contributed by atoms with van der Waals surface area (Å²) >= 11 is 0. The van der Waals surface area contributed by atoms with E-state index in [1.165, 1.54) is 125 Å². The zero-order chi connectivity index (χ0) is 112. The van der Waals surface area contributed by atoms with Crippen molar-refractivity contribution in [1.82, 2.24) is 73.0 Å². The van der Waals surface area contributed by atoms with Crippen LogP contribution in [0, 0.1) is 0 Å². The van der Waals surface area contributed by atoms with Crippen LogP contribution in [0.3, 0.4) is 0 Å². The molecule has 0 amide bonds. The fourth-order valence-corrected chi connectivity index (χ4v) is 124. The van der Waals surface area contributed by atoms with E-state index < -0.39 is 60.7 Å². The number of hydrogen-bond donors (Lipinski definition) is 0. The molecule has 0 saturated heterocycles. The highest BCUT2D eigenvalue weighted by molar-refractivity contribution is 7.26. The highest BCUT2D eigenvalue weighted by atomic mass is 29.2. The van der Waals surface area contributed by atoms with Crippen LogP contribution in [0.2, 0.25) is 230 Å². The van der Waals surface area contributed by atoms with Gasteiger partial charge in [0.25, 0.3) is 0 Å². The van der Waals surface area contributed by atoms with Gasteiger partial charge in [-0.3, -0.25) is 0 Å². The first-order chi connectivity index (χ1) is 61.9. The maximum absolute atomic E-state index is 2.75. The Balaban J connectivity index is -0.0000000811. The SMILES string of the molecule is CCN(CC)[SiH2][SiH2]C.CCN(CC)[SiH2][SiH](C)C.CCN(CC)[SiH2][Si](C)(C)C.CCN(CC)[SiH2][Si](CC)(CC)CC.CC[Si](CC)(CC)[SiH2]N(C)C.CC[Si](CC)(CC)[SiH2]N(C)C.CC[Si](CC)(CC)[SiH2]N(C)C.CN(C)[SiH2][SiH](C)C.CN(C)[SiH2][SiH](C)C.CN(C)[SiH2][SiH](C)C.CN(C)[SiH2][Si](C)(C)C.CN(C)[SiH2][Si](C)(C)C.CN(C)[SiH2][Si](C)(C)C.C[SiH2][SiH2]N(C)C.C[SiH2][SiH2]N(C)C.C[SiH2][SiH2]N(C)C. The van der Waals surface area contributed by atoms with Crippen LogP contribution in [0.15, 0.2) is 0 Å². The summed E-state index contributed by atoms with van der Waals surface area (Å²) in [6.07, 6.45) is 0. The summed E-state index contributed by atoms with van der Waals surface area (Å²) in [5, 5.41) is 0. The van der Waals surface area contributed by atoms with Gasteiger partial charge in [0.1, 0.15) is 0 Å². The first-order valence-corrected chi connectivity index (χ1v) is 154. The molecule has 0 unspecified atom stereocenters. The third-order valence-corrected chi connectivity index (χ3v) is 151. The molecule has 0 aliphatic heterocycles. The van der Waals surface area contributed by atoms with Gasteiger partial charge in [-0.25, -0.2) is 0 Å². The van der Waals surface area contributed by atoms with E-state index in [2.05, 4.69) is 538 Å². The van der Waals surface area contributed by atoms with E-state index in [1.807, 2.05) is 0 Å². The van der Waals surface area contributed by atoms with Crippen LogP contribution in [0.4, 0.5) is 0 Å². The molecule has 0 aromatic carbocycles. The molecular formula is C88H288N16Si32. The largest absolute Gasteiger partial charge is 0.337 e. The zero-order valence-corrected chi connectivity index (χ0v) is 151. The summed E-state index contributed by atoms with van der Waals surface area (Å²) in [6, 6.07) is 18.1. The van der Waals surface area contributed by atoms with Crippen LogP contribution in [0.5, 0.6) is 0 Å². The Bertz CT molecular complexity index is 1980. The molecule has 16 nitrogen and oxygen atoms in total. The van der Waals surface area contributed by atoms with Crippen molar-refractivity contribution in [2.75, 3.05) is 222 Å². The van der Waals surface area contributed by atoms with Gasteiger partial charge in [-0.1, -0.05) is 368 Å². The molecular weight excluding hydrogens is 2180 g/mol. The highest BCUT2D eigenvalue weighted by Gasteiger charge is 2.31. The lowest BCUT2D eigenvalue weighted by Gasteiger charge is -2.33. The summed E-state index contributed by atoms with van der Waals surface area (Å²) in [4.78, 5) is 0. The van der Waals surface area contributed by atoms with Crippen molar-refractivity contribution in [3.63, 3.8) is 0 Å². The topological polar surface area (TPSA) is 51.8 Å².